The summed E-state index contributed by atoms with van der Waals surface area (Å²) in [7, 11) is 2.53. The first kappa shape index (κ1) is 13.9. The number of nitrogens with one attached hydrogen (secondary N) is 1. The molecule has 1 N–H and O–H groups in total. The minimum Gasteiger partial charge on any atom is -0.466 e. The predicted octanol–water partition coefficient (Wildman–Crippen LogP) is 2.21. The summed E-state index contributed by atoms with van der Waals surface area (Å²) in [5.41, 5.74) is 2.71. The minimum absolute atomic E-state index is 0.163. The molecule has 0 unspecified atom stereocenters. The maximum absolute atomic E-state index is 11.9. The molecule has 20 heavy (non-hydrogen) atoms. The summed E-state index contributed by atoms with van der Waals surface area (Å²) < 4.78 is 9.31. The second-order valence-electron chi connectivity index (χ2n) is 4.32. The topological polar surface area (TPSA) is 68.4 Å². The molecule has 1 heterocycles. The molecule has 0 amide bonds. The lowest BCUT2D eigenvalue weighted by atomic mass is 10.0. The number of esters is 2. The highest BCUT2D eigenvalue weighted by Gasteiger charge is 2.18. The van der Waals surface area contributed by atoms with Crippen molar-refractivity contribution in [1.29, 1.82) is 0 Å². The molecule has 0 radical (unpaired) electrons. The van der Waals surface area contributed by atoms with Crippen molar-refractivity contribution in [3.05, 3.63) is 41.6 Å². The number of rotatable bonds is 3. The maximum atomic E-state index is 11.9. The minimum atomic E-state index is -0.604. The number of carbonyl (C=O) groups is 2. The largest absolute Gasteiger partial charge is 0.466 e. The van der Waals surface area contributed by atoms with E-state index >= 15 is 0 Å². The van der Waals surface area contributed by atoms with Crippen molar-refractivity contribution in [3.63, 3.8) is 0 Å². The van der Waals surface area contributed by atoms with E-state index in [0.29, 0.717) is 5.56 Å². The number of aromatic amines is 1. The molecule has 0 spiro atoms. The number of hydrogen-bond donors (Lipinski definition) is 1. The van der Waals surface area contributed by atoms with Gasteiger partial charge in [-0.1, -0.05) is 11.6 Å². The summed E-state index contributed by atoms with van der Waals surface area (Å²) in [5.74, 6) is -1.19. The molecule has 2 rings (SSSR count). The molecule has 104 valence electrons. The fourth-order valence-electron chi connectivity index (χ4n) is 1.99. The Morgan fingerprint density at radius 3 is 2.60 bits per heavy atom. The van der Waals surface area contributed by atoms with Gasteiger partial charge in [-0.25, -0.2) is 9.59 Å². The normalized spacial score (nSPS) is 11.4. The van der Waals surface area contributed by atoms with Gasteiger partial charge in [-0.05, 0) is 19.1 Å². The summed E-state index contributed by atoms with van der Waals surface area (Å²) in [6.07, 6.45) is 2.81. The molecule has 0 saturated heterocycles. The zero-order valence-corrected chi connectivity index (χ0v) is 11.5. The molecule has 0 atom stereocenters. The van der Waals surface area contributed by atoms with E-state index in [4.69, 9.17) is 4.74 Å². The van der Waals surface area contributed by atoms with Crippen molar-refractivity contribution in [1.82, 2.24) is 4.98 Å². The summed E-state index contributed by atoms with van der Waals surface area (Å²) in [4.78, 5) is 26.4. The maximum Gasteiger partial charge on any atom is 0.338 e. The van der Waals surface area contributed by atoms with Gasteiger partial charge in [0.05, 0.1) is 19.8 Å². The van der Waals surface area contributed by atoms with Crippen LogP contribution in [-0.2, 0) is 19.1 Å². The van der Waals surface area contributed by atoms with E-state index in [-0.39, 0.29) is 5.57 Å². The Kier molecular flexibility index (Phi) is 3.89. The van der Waals surface area contributed by atoms with Crippen LogP contribution in [0.2, 0.25) is 0 Å². The van der Waals surface area contributed by atoms with Gasteiger partial charge < -0.3 is 14.5 Å². The molecule has 0 bridgehead atoms. The molecule has 0 fully saturated rings. The number of hydrogen-bond acceptors (Lipinski definition) is 4. The lowest BCUT2D eigenvalue weighted by Gasteiger charge is -2.04. The Morgan fingerprint density at radius 2 is 1.95 bits per heavy atom. The third kappa shape index (κ3) is 2.56. The van der Waals surface area contributed by atoms with Gasteiger partial charge in [0.25, 0.3) is 0 Å². The Labute approximate surface area is 116 Å². The first-order chi connectivity index (χ1) is 9.56. The van der Waals surface area contributed by atoms with E-state index in [1.165, 1.54) is 14.2 Å². The van der Waals surface area contributed by atoms with Crippen LogP contribution in [0.4, 0.5) is 0 Å². The molecule has 0 aliphatic rings. The first-order valence-corrected chi connectivity index (χ1v) is 6.03. The highest BCUT2D eigenvalue weighted by atomic mass is 16.5. The van der Waals surface area contributed by atoms with Gasteiger partial charge in [0.1, 0.15) is 0 Å². The second-order valence-corrected chi connectivity index (χ2v) is 4.32. The molecular formula is C15H15NO4. The Morgan fingerprint density at radius 1 is 1.20 bits per heavy atom. The molecule has 1 aromatic carbocycles. The summed E-state index contributed by atoms with van der Waals surface area (Å²) in [6, 6.07) is 5.82. The second kappa shape index (κ2) is 5.61. The van der Waals surface area contributed by atoms with Crippen LogP contribution in [0.5, 0.6) is 0 Å². The van der Waals surface area contributed by atoms with E-state index in [9.17, 15) is 9.59 Å². The van der Waals surface area contributed by atoms with Crippen LogP contribution >= 0.6 is 0 Å². The molecule has 1 aromatic heterocycles. The third-order valence-corrected chi connectivity index (χ3v) is 3.00. The quantitative estimate of drug-likeness (QED) is 0.687. The number of carbonyl (C=O) groups excluding carboxylic acids is 2. The van der Waals surface area contributed by atoms with E-state index in [1.54, 1.807) is 6.20 Å². The van der Waals surface area contributed by atoms with Gasteiger partial charge >= 0.3 is 11.9 Å². The average molecular weight is 273 g/mol. The van der Waals surface area contributed by atoms with Crippen LogP contribution in [0, 0.1) is 6.92 Å². The van der Waals surface area contributed by atoms with Crippen molar-refractivity contribution in [2.45, 2.75) is 6.92 Å². The zero-order chi connectivity index (χ0) is 14.7. The summed E-state index contributed by atoms with van der Waals surface area (Å²) in [5, 5.41) is 0.852. The lowest BCUT2D eigenvalue weighted by molar-refractivity contribution is -0.136. The van der Waals surface area contributed by atoms with E-state index in [0.717, 1.165) is 22.5 Å². The van der Waals surface area contributed by atoms with Crippen LogP contribution in [0.25, 0.3) is 16.5 Å². The number of aryl methyl sites for hydroxylation is 1. The van der Waals surface area contributed by atoms with Crippen LogP contribution in [0.3, 0.4) is 0 Å². The average Bonchev–Trinajstić information content (AvgIpc) is 2.86. The van der Waals surface area contributed by atoms with Crippen molar-refractivity contribution >= 4 is 28.4 Å². The summed E-state index contributed by atoms with van der Waals surface area (Å²) >= 11 is 0. The van der Waals surface area contributed by atoms with Gasteiger partial charge in [0.15, 0.2) is 0 Å². The van der Waals surface area contributed by atoms with Crippen LogP contribution < -0.4 is 0 Å². The number of fused-ring (bicyclic) bond motifs is 1. The van der Waals surface area contributed by atoms with Crippen molar-refractivity contribution in [3.8, 4) is 0 Å². The molecule has 5 heteroatoms. The van der Waals surface area contributed by atoms with Crippen LogP contribution in [-0.4, -0.2) is 31.1 Å². The van der Waals surface area contributed by atoms with Crippen molar-refractivity contribution in [2.24, 2.45) is 0 Å². The van der Waals surface area contributed by atoms with E-state index in [1.807, 2.05) is 25.1 Å². The van der Waals surface area contributed by atoms with E-state index < -0.39 is 11.9 Å². The van der Waals surface area contributed by atoms with Crippen LogP contribution in [0.15, 0.2) is 30.5 Å². The fraction of sp³-hybridized carbons (Fsp3) is 0.200. The molecule has 0 aliphatic carbocycles. The molecule has 0 aliphatic heterocycles. The monoisotopic (exact) mass is 273 g/mol. The highest BCUT2D eigenvalue weighted by Crippen LogP contribution is 2.26. The third-order valence-electron chi connectivity index (χ3n) is 3.00. The number of ether oxygens (including phenoxy) is 2. The smallest absolute Gasteiger partial charge is 0.338 e. The van der Waals surface area contributed by atoms with Gasteiger partial charge in [-0.3, -0.25) is 0 Å². The van der Waals surface area contributed by atoms with Gasteiger partial charge in [0.2, 0.25) is 0 Å². The Bertz CT molecular complexity index is 697. The Balaban J connectivity index is 2.62. The Hall–Kier alpha value is -2.56. The molecule has 5 nitrogen and oxygen atoms in total. The predicted molar refractivity (Wildman–Crippen MR) is 75.0 cm³/mol. The van der Waals surface area contributed by atoms with Crippen molar-refractivity contribution < 1.29 is 19.1 Å². The number of H-pyrrole nitrogens is 1. The zero-order valence-electron chi connectivity index (χ0n) is 11.5. The fourth-order valence-corrected chi connectivity index (χ4v) is 1.99. The van der Waals surface area contributed by atoms with Crippen LogP contribution in [0.1, 0.15) is 11.1 Å². The summed E-state index contributed by atoms with van der Waals surface area (Å²) in [6.45, 7) is 1.96. The van der Waals surface area contributed by atoms with Gasteiger partial charge in [0, 0.05) is 28.7 Å². The number of methoxy groups -OCH3 is 2. The van der Waals surface area contributed by atoms with Crippen molar-refractivity contribution in [2.75, 3.05) is 14.2 Å². The SMILES string of the molecule is COC(=O)/C=C(\C(=O)OC)c1c[nH]c2ccc(C)cc12. The lowest BCUT2D eigenvalue weighted by Crippen LogP contribution is -2.07. The van der Waals surface area contributed by atoms with E-state index in [2.05, 4.69) is 9.72 Å². The first-order valence-electron chi connectivity index (χ1n) is 6.03. The molecule has 2 aromatic rings. The molecular weight excluding hydrogens is 258 g/mol. The standard InChI is InChI=1S/C15H15NO4/c1-9-4-5-13-10(6-9)12(8-16-13)11(15(18)20-3)7-14(17)19-2/h4-8,16H,1-3H3/b11-7-. The van der Waals surface area contributed by atoms with Gasteiger partial charge in [-0.15, -0.1) is 0 Å². The number of benzene rings is 1. The molecule has 0 saturated carbocycles. The van der Waals surface area contributed by atoms with Gasteiger partial charge in [-0.2, -0.15) is 0 Å². The highest BCUT2D eigenvalue weighted by molar-refractivity contribution is 6.23. The number of aromatic nitrogens is 1.